The van der Waals surface area contributed by atoms with Crippen LogP contribution in [0.15, 0.2) is 48.5 Å². The standard InChI is InChI=1S/C20H24ClN3O2.ClH/c1-3-24(14-15-7-5-4-6-8-15)20(26)17-13-16(9-10-18(17)21)23-19(25)11-12-22-2;/h4-10,13,22H,3,11-12,14H2,1-2H3,(H,23,25);1H. The number of amides is 2. The van der Waals surface area contributed by atoms with Crippen molar-refractivity contribution < 1.29 is 9.59 Å². The minimum Gasteiger partial charge on any atom is -0.335 e. The van der Waals surface area contributed by atoms with Crippen molar-refractivity contribution in [1.82, 2.24) is 10.2 Å². The Hall–Kier alpha value is -2.08. The Morgan fingerprint density at radius 1 is 1.11 bits per heavy atom. The summed E-state index contributed by atoms with van der Waals surface area (Å²) in [6.07, 6.45) is 0.359. The Kier molecular flexibility index (Phi) is 9.86. The van der Waals surface area contributed by atoms with Gasteiger partial charge >= 0.3 is 0 Å². The Bertz CT molecular complexity index is 754. The van der Waals surface area contributed by atoms with E-state index in [0.29, 0.717) is 42.3 Å². The molecule has 0 aromatic heterocycles. The fourth-order valence-corrected chi connectivity index (χ4v) is 2.73. The van der Waals surface area contributed by atoms with Gasteiger partial charge in [0.05, 0.1) is 10.6 Å². The molecule has 2 aromatic rings. The van der Waals surface area contributed by atoms with Gasteiger partial charge in [0.15, 0.2) is 0 Å². The van der Waals surface area contributed by atoms with E-state index in [9.17, 15) is 9.59 Å². The van der Waals surface area contributed by atoms with Gasteiger partial charge in [0, 0.05) is 31.7 Å². The third kappa shape index (κ3) is 6.86. The van der Waals surface area contributed by atoms with E-state index in [0.717, 1.165) is 5.56 Å². The number of halogens is 2. The highest BCUT2D eigenvalue weighted by molar-refractivity contribution is 6.34. The van der Waals surface area contributed by atoms with Crippen LogP contribution in [0.3, 0.4) is 0 Å². The molecule has 0 radical (unpaired) electrons. The van der Waals surface area contributed by atoms with Crippen LogP contribution in [0.5, 0.6) is 0 Å². The average Bonchev–Trinajstić information content (AvgIpc) is 2.66. The number of rotatable bonds is 8. The minimum absolute atomic E-state index is 0. The number of anilines is 1. The Balaban J connectivity index is 0.00000364. The molecule has 0 bridgehead atoms. The van der Waals surface area contributed by atoms with Crippen LogP contribution < -0.4 is 10.6 Å². The van der Waals surface area contributed by atoms with Gasteiger partial charge < -0.3 is 15.5 Å². The Morgan fingerprint density at radius 2 is 1.81 bits per heavy atom. The topological polar surface area (TPSA) is 61.4 Å². The van der Waals surface area contributed by atoms with Gasteiger partial charge in [-0.1, -0.05) is 41.9 Å². The first kappa shape index (κ1) is 23.0. The smallest absolute Gasteiger partial charge is 0.255 e. The van der Waals surface area contributed by atoms with Crippen molar-refractivity contribution in [3.63, 3.8) is 0 Å². The average molecular weight is 410 g/mol. The molecular formula is C20H25Cl2N3O2. The largest absolute Gasteiger partial charge is 0.335 e. The van der Waals surface area contributed by atoms with Crippen molar-refractivity contribution in [2.45, 2.75) is 19.9 Å². The summed E-state index contributed by atoms with van der Waals surface area (Å²) >= 11 is 6.25. The minimum atomic E-state index is -0.160. The lowest BCUT2D eigenvalue weighted by Crippen LogP contribution is -2.30. The predicted molar refractivity (Wildman–Crippen MR) is 113 cm³/mol. The van der Waals surface area contributed by atoms with Crippen LogP contribution in [0.4, 0.5) is 5.69 Å². The summed E-state index contributed by atoms with van der Waals surface area (Å²) in [5.41, 5.74) is 2.00. The highest BCUT2D eigenvalue weighted by atomic mass is 35.5. The molecule has 2 amide bonds. The third-order valence-corrected chi connectivity index (χ3v) is 4.30. The Labute approximate surface area is 171 Å². The van der Waals surface area contributed by atoms with Gasteiger partial charge in [-0.3, -0.25) is 9.59 Å². The summed E-state index contributed by atoms with van der Waals surface area (Å²) < 4.78 is 0. The second-order valence-electron chi connectivity index (χ2n) is 5.90. The maximum absolute atomic E-state index is 12.9. The van der Waals surface area contributed by atoms with Gasteiger partial charge in [-0.15, -0.1) is 12.4 Å². The molecule has 2 N–H and O–H groups in total. The normalized spacial score (nSPS) is 10.0. The molecule has 2 rings (SSSR count). The van der Waals surface area contributed by atoms with Gasteiger partial charge in [-0.2, -0.15) is 0 Å². The van der Waals surface area contributed by atoms with Crippen molar-refractivity contribution in [2.24, 2.45) is 0 Å². The van der Waals surface area contributed by atoms with Crippen molar-refractivity contribution in [3.05, 3.63) is 64.7 Å². The lowest BCUT2D eigenvalue weighted by atomic mass is 10.1. The molecule has 0 atom stereocenters. The number of carbonyl (C=O) groups is 2. The zero-order chi connectivity index (χ0) is 18.9. The van der Waals surface area contributed by atoms with Crippen LogP contribution in [0.25, 0.3) is 0 Å². The monoisotopic (exact) mass is 409 g/mol. The van der Waals surface area contributed by atoms with E-state index in [4.69, 9.17) is 11.6 Å². The zero-order valence-corrected chi connectivity index (χ0v) is 17.1. The van der Waals surface area contributed by atoms with Crippen molar-refractivity contribution >= 4 is 41.5 Å². The van der Waals surface area contributed by atoms with Gasteiger partial charge in [0.25, 0.3) is 5.91 Å². The summed E-state index contributed by atoms with van der Waals surface area (Å²) in [5.74, 6) is -0.274. The van der Waals surface area contributed by atoms with Crippen molar-refractivity contribution in [3.8, 4) is 0 Å². The van der Waals surface area contributed by atoms with Gasteiger partial charge in [-0.25, -0.2) is 0 Å². The van der Waals surface area contributed by atoms with Gasteiger partial charge in [-0.05, 0) is 37.7 Å². The molecule has 0 fully saturated rings. The maximum Gasteiger partial charge on any atom is 0.255 e. The summed E-state index contributed by atoms with van der Waals surface area (Å²) in [5, 5.41) is 6.09. The van der Waals surface area contributed by atoms with Gasteiger partial charge in [0.2, 0.25) is 5.91 Å². The summed E-state index contributed by atoms with van der Waals surface area (Å²) in [6, 6.07) is 14.8. The fraction of sp³-hybridized carbons (Fsp3) is 0.300. The molecule has 5 nitrogen and oxygen atoms in total. The van der Waals surface area contributed by atoms with Crippen LogP contribution in [0.2, 0.25) is 5.02 Å². The number of nitrogens with one attached hydrogen (secondary N) is 2. The van der Waals surface area contributed by atoms with Crippen LogP contribution in [0.1, 0.15) is 29.3 Å². The Morgan fingerprint density at radius 3 is 2.44 bits per heavy atom. The molecule has 2 aromatic carbocycles. The summed E-state index contributed by atoms with van der Waals surface area (Å²) in [7, 11) is 1.79. The quantitative estimate of drug-likeness (QED) is 0.692. The van der Waals surface area contributed by atoms with E-state index in [1.807, 2.05) is 37.3 Å². The number of nitrogens with zero attached hydrogens (tertiary/aromatic N) is 1. The van der Waals surface area contributed by atoms with E-state index in [-0.39, 0.29) is 24.2 Å². The molecule has 0 saturated carbocycles. The molecule has 0 saturated heterocycles. The summed E-state index contributed by atoms with van der Waals surface area (Å²) in [6.45, 7) is 3.58. The van der Waals surface area contributed by atoms with E-state index in [1.165, 1.54) is 0 Å². The van der Waals surface area contributed by atoms with E-state index in [1.54, 1.807) is 30.1 Å². The molecule has 146 valence electrons. The summed E-state index contributed by atoms with van der Waals surface area (Å²) in [4.78, 5) is 26.5. The van der Waals surface area contributed by atoms with Crippen molar-refractivity contribution in [2.75, 3.05) is 25.5 Å². The molecule has 0 spiro atoms. The first-order chi connectivity index (χ1) is 12.5. The predicted octanol–water partition coefficient (Wildman–Crippen LogP) is 3.97. The first-order valence-electron chi connectivity index (χ1n) is 8.62. The molecular weight excluding hydrogens is 385 g/mol. The number of hydrogen-bond acceptors (Lipinski definition) is 3. The molecule has 0 aliphatic carbocycles. The second kappa shape index (κ2) is 11.6. The van der Waals surface area contributed by atoms with Crippen LogP contribution in [0, 0.1) is 0 Å². The first-order valence-corrected chi connectivity index (χ1v) is 9.00. The van der Waals surface area contributed by atoms with Crippen LogP contribution in [-0.2, 0) is 11.3 Å². The molecule has 27 heavy (non-hydrogen) atoms. The number of hydrogen-bond donors (Lipinski definition) is 2. The van der Waals surface area contributed by atoms with Crippen LogP contribution >= 0.6 is 24.0 Å². The third-order valence-electron chi connectivity index (χ3n) is 3.97. The van der Waals surface area contributed by atoms with Crippen molar-refractivity contribution in [1.29, 1.82) is 0 Å². The number of carbonyl (C=O) groups excluding carboxylic acids is 2. The lowest BCUT2D eigenvalue weighted by molar-refractivity contribution is -0.116. The number of benzene rings is 2. The SMILES string of the molecule is CCN(Cc1ccccc1)C(=O)c1cc(NC(=O)CCNC)ccc1Cl.Cl. The molecule has 7 heteroatoms. The van der Waals surface area contributed by atoms with E-state index < -0.39 is 0 Å². The molecule has 0 aliphatic heterocycles. The highest BCUT2D eigenvalue weighted by Crippen LogP contribution is 2.23. The second-order valence-corrected chi connectivity index (χ2v) is 6.31. The lowest BCUT2D eigenvalue weighted by Gasteiger charge is -2.22. The molecule has 0 aliphatic rings. The van der Waals surface area contributed by atoms with Gasteiger partial charge in [0.1, 0.15) is 0 Å². The molecule has 0 heterocycles. The van der Waals surface area contributed by atoms with E-state index >= 15 is 0 Å². The molecule has 0 unspecified atom stereocenters. The maximum atomic E-state index is 12.9. The fourth-order valence-electron chi connectivity index (χ4n) is 2.53. The van der Waals surface area contributed by atoms with Crippen LogP contribution in [-0.4, -0.2) is 36.9 Å². The zero-order valence-electron chi connectivity index (χ0n) is 15.5. The highest BCUT2D eigenvalue weighted by Gasteiger charge is 2.18. The van der Waals surface area contributed by atoms with E-state index in [2.05, 4.69) is 10.6 Å².